The minimum Gasteiger partial charge on any atom is -0.465 e. The van der Waals surface area contributed by atoms with E-state index in [4.69, 9.17) is 40.2 Å². The van der Waals surface area contributed by atoms with Gasteiger partial charge in [-0.15, -0.1) is 11.3 Å². The van der Waals surface area contributed by atoms with Crippen molar-refractivity contribution in [3.8, 4) is 0 Å². The van der Waals surface area contributed by atoms with E-state index in [1.807, 2.05) is 12.1 Å². The molecule has 0 saturated carbocycles. The van der Waals surface area contributed by atoms with Crippen LogP contribution >= 0.6 is 46.8 Å². The summed E-state index contributed by atoms with van der Waals surface area (Å²) in [4.78, 5) is 31.3. The summed E-state index contributed by atoms with van der Waals surface area (Å²) < 4.78 is 4.95. The lowest BCUT2D eigenvalue weighted by Gasteiger charge is -2.36. The Morgan fingerprint density at radius 3 is 2.45 bits per heavy atom. The number of amides is 1. The predicted molar refractivity (Wildman–Crippen MR) is 138 cm³/mol. The highest BCUT2D eigenvalue weighted by atomic mass is 35.5. The number of carbonyl (C=O) groups excluding carboxylic acids is 2. The topological polar surface area (TPSA) is 65.1 Å². The summed E-state index contributed by atoms with van der Waals surface area (Å²) in [6.07, 6.45) is 0. The van der Waals surface area contributed by atoms with Crippen LogP contribution in [0, 0.1) is 6.92 Å². The molecule has 1 N–H and O–H groups in total. The van der Waals surface area contributed by atoms with Gasteiger partial charge >= 0.3 is 5.97 Å². The van der Waals surface area contributed by atoms with Crippen LogP contribution in [-0.2, 0) is 11.3 Å². The zero-order valence-corrected chi connectivity index (χ0v) is 22.1. The lowest BCUT2D eigenvalue weighted by molar-refractivity contribution is 0.0601. The standard InChI is InChI=1S/C22H26Cl2N4O3S2/c1-13-17(21(30)31-4)19(33-18(13)20(29)26(2)3)25-22(32)28-9-7-27(8-10-28)12-14-5-6-15(23)11-16(14)24/h5-6,11H,7-10,12H2,1-4H3,(H,25,32). The predicted octanol–water partition coefficient (Wildman–Crippen LogP) is 4.37. The van der Waals surface area contributed by atoms with Gasteiger partial charge in [0.15, 0.2) is 5.11 Å². The summed E-state index contributed by atoms with van der Waals surface area (Å²) in [5, 5.41) is 5.49. The monoisotopic (exact) mass is 528 g/mol. The maximum Gasteiger partial charge on any atom is 0.341 e. The van der Waals surface area contributed by atoms with Gasteiger partial charge in [0.2, 0.25) is 0 Å². The average Bonchev–Trinajstić information content (AvgIpc) is 3.10. The van der Waals surface area contributed by atoms with Crippen molar-refractivity contribution in [1.29, 1.82) is 0 Å². The summed E-state index contributed by atoms with van der Waals surface area (Å²) in [6, 6.07) is 5.55. The molecule has 0 spiro atoms. The molecule has 1 amide bonds. The Morgan fingerprint density at radius 2 is 1.88 bits per heavy atom. The molecule has 33 heavy (non-hydrogen) atoms. The van der Waals surface area contributed by atoms with E-state index in [0.717, 1.165) is 38.3 Å². The average molecular weight is 530 g/mol. The Kier molecular flexibility index (Phi) is 8.58. The van der Waals surface area contributed by atoms with Crippen molar-refractivity contribution in [1.82, 2.24) is 14.7 Å². The van der Waals surface area contributed by atoms with E-state index in [9.17, 15) is 9.59 Å². The van der Waals surface area contributed by atoms with Crippen molar-refractivity contribution in [3.63, 3.8) is 0 Å². The van der Waals surface area contributed by atoms with Crippen molar-refractivity contribution in [2.75, 3.05) is 52.7 Å². The number of anilines is 1. The Morgan fingerprint density at radius 1 is 1.21 bits per heavy atom. The summed E-state index contributed by atoms with van der Waals surface area (Å²) in [6.45, 7) is 5.53. The van der Waals surface area contributed by atoms with Gasteiger partial charge in [-0.1, -0.05) is 29.3 Å². The van der Waals surface area contributed by atoms with Crippen LogP contribution in [0.1, 0.15) is 31.2 Å². The zero-order chi connectivity index (χ0) is 24.3. The second-order valence-electron chi connectivity index (χ2n) is 7.88. The van der Waals surface area contributed by atoms with Crippen LogP contribution < -0.4 is 5.32 Å². The van der Waals surface area contributed by atoms with Gasteiger partial charge in [-0.3, -0.25) is 9.69 Å². The summed E-state index contributed by atoms with van der Waals surface area (Å²) in [5.41, 5.74) is 1.96. The molecule has 11 heteroatoms. The van der Waals surface area contributed by atoms with E-state index >= 15 is 0 Å². The number of rotatable bonds is 5. The number of nitrogens with zero attached hydrogens (tertiary/aromatic N) is 3. The third-order valence-corrected chi connectivity index (χ3v) is 7.57. The van der Waals surface area contributed by atoms with Crippen molar-refractivity contribution in [3.05, 3.63) is 49.8 Å². The second-order valence-corrected chi connectivity index (χ2v) is 10.1. The van der Waals surface area contributed by atoms with E-state index in [0.29, 0.717) is 36.2 Å². The van der Waals surface area contributed by atoms with E-state index in [1.165, 1.54) is 23.3 Å². The first-order valence-electron chi connectivity index (χ1n) is 10.3. The van der Waals surface area contributed by atoms with Crippen LogP contribution in [-0.4, -0.2) is 79.1 Å². The van der Waals surface area contributed by atoms with Crippen molar-refractivity contribution in [2.24, 2.45) is 0 Å². The highest BCUT2D eigenvalue weighted by Crippen LogP contribution is 2.34. The number of ether oxygens (including phenoxy) is 1. The highest BCUT2D eigenvalue weighted by Gasteiger charge is 2.28. The van der Waals surface area contributed by atoms with Gasteiger partial charge in [0.25, 0.3) is 5.91 Å². The molecule has 0 atom stereocenters. The van der Waals surface area contributed by atoms with E-state index in [1.54, 1.807) is 27.1 Å². The SMILES string of the molecule is COC(=O)c1c(NC(=S)N2CCN(Cc3ccc(Cl)cc3Cl)CC2)sc(C(=O)N(C)C)c1C. The first-order chi connectivity index (χ1) is 15.6. The normalized spacial score (nSPS) is 14.2. The first-order valence-corrected chi connectivity index (χ1v) is 12.3. The van der Waals surface area contributed by atoms with E-state index < -0.39 is 5.97 Å². The van der Waals surface area contributed by atoms with Crippen LogP contribution in [0.15, 0.2) is 18.2 Å². The molecule has 0 bridgehead atoms. The Hall–Kier alpha value is -1.91. The van der Waals surface area contributed by atoms with Gasteiger partial charge in [0, 0.05) is 56.9 Å². The van der Waals surface area contributed by atoms with Gasteiger partial charge in [0.05, 0.1) is 17.6 Å². The number of esters is 1. The molecule has 0 aliphatic carbocycles. The highest BCUT2D eigenvalue weighted by molar-refractivity contribution is 7.80. The maximum atomic E-state index is 12.5. The molecular weight excluding hydrogens is 503 g/mol. The molecular formula is C22H26Cl2N4O3S2. The zero-order valence-electron chi connectivity index (χ0n) is 18.9. The third kappa shape index (κ3) is 5.96. The fourth-order valence-corrected chi connectivity index (χ4v) is 5.57. The minimum absolute atomic E-state index is 0.170. The Labute approximate surface area is 213 Å². The van der Waals surface area contributed by atoms with Crippen molar-refractivity contribution < 1.29 is 14.3 Å². The number of thiophene rings is 1. The van der Waals surface area contributed by atoms with Crippen LogP contribution in [0.3, 0.4) is 0 Å². The number of methoxy groups -OCH3 is 1. The second kappa shape index (κ2) is 11.0. The number of hydrogen-bond donors (Lipinski definition) is 1. The van der Waals surface area contributed by atoms with Gasteiger partial charge in [-0.05, 0) is 42.4 Å². The number of nitrogens with one attached hydrogen (secondary N) is 1. The Balaban J connectivity index is 1.67. The van der Waals surface area contributed by atoms with Crippen molar-refractivity contribution in [2.45, 2.75) is 13.5 Å². The fraction of sp³-hybridized carbons (Fsp3) is 0.409. The molecule has 3 rings (SSSR count). The molecule has 2 aromatic rings. The number of hydrogen-bond acceptors (Lipinski definition) is 6. The lowest BCUT2D eigenvalue weighted by atomic mass is 10.1. The molecule has 7 nitrogen and oxygen atoms in total. The molecule has 2 heterocycles. The first kappa shape index (κ1) is 25.7. The molecule has 1 aliphatic rings. The molecule has 0 radical (unpaired) electrons. The Bertz CT molecular complexity index is 1070. The molecule has 1 aromatic heterocycles. The summed E-state index contributed by atoms with van der Waals surface area (Å²) in [7, 11) is 4.67. The van der Waals surface area contributed by atoms with Crippen LogP contribution in [0.2, 0.25) is 10.0 Å². The number of benzene rings is 1. The number of piperazine rings is 1. The van der Waals surface area contributed by atoms with Gasteiger partial charge in [-0.2, -0.15) is 0 Å². The molecule has 1 saturated heterocycles. The number of thiocarbonyl (C=S) groups is 1. The molecule has 0 unspecified atom stereocenters. The molecule has 1 fully saturated rings. The summed E-state index contributed by atoms with van der Waals surface area (Å²) in [5.74, 6) is -0.674. The molecule has 178 valence electrons. The van der Waals surface area contributed by atoms with Crippen LogP contribution in [0.4, 0.5) is 5.00 Å². The largest absolute Gasteiger partial charge is 0.465 e. The third-order valence-electron chi connectivity index (χ3n) is 5.43. The molecule has 1 aliphatic heterocycles. The van der Waals surface area contributed by atoms with Crippen LogP contribution in [0.25, 0.3) is 0 Å². The smallest absolute Gasteiger partial charge is 0.341 e. The van der Waals surface area contributed by atoms with Gasteiger partial charge < -0.3 is 19.9 Å². The lowest BCUT2D eigenvalue weighted by Crippen LogP contribution is -2.49. The van der Waals surface area contributed by atoms with E-state index in [-0.39, 0.29) is 5.91 Å². The van der Waals surface area contributed by atoms with Crippen molar-refractivity contribution >= 4 is 68.7 Å². The minimum atomic E-state index is -0.503. The van der Waals surface area contributed by atoms with Crippen LogP contribution in [0.5, 0.6) is 0 Å². The van der Waals surface area contributed by atoms with Gasteiger partial charge in [-0.25, -0.2) is 4.79 Å². The fourth-order valence-electron chi connectivity index (χ4n) is 3.53. The molecule has 1 aromatic carbocycles. The number of halogens is 2. The maximum absolute atomic E-state index is 12.5. The summed E-state index contributed by atoms with van der Waals surface area (Å²) >= 11 is 19.1. The van der Waals surface area contributed by atoms with Gasteiger partial charge in [0.1, 0.15) is 5.00 Å². The van der Waals surface area contributed by atoms with E-state index in [2.05, 4.69) is 15.1 Å². The quantitative estimate of drug-likeness (QED) is 0.456. The number of carbonyl (C=O) groups is 2.